The Morgan fingerprint density at radius 1 is 1.13 bits per heavy atom. The minimum Gasteiger partial charge on any atom is -0.454 e. The number of hydrogen-bond donors (Lipinski definition) is 2. The van der Waals surface area contributed by atoms with Gasteiger partial charge in [-0.25, -0.2) is 0 Å². The number of amides is 2. The van der Waals surface area contributed by atoms with Crippen molar-refractivity contribution in [1.29, 1.82) is 0 Å². The second-order valence-electron chi connectivity index (χ2n) is 6.55. The van der Waals surface area contributed by atoms with Crippen molar-refractivity contribution in [2.45, 2.75) is 11.7 Å². The van der Waals surface area contributed by atoms with E-state index in [2.05, 4.69) is 36.8 Å². The Morgan fingerprint density at radius 2 is 1.90 bits per heavy atom. The number of carbonyl (C=O) groups excluding carboxylic acids is 2. The summed E-state index contributed by atoms with van der Waals surface area (Å²) in [7, 11) is 1.79. The van der Waals surface area contributed by atoms with Gasteiger partial charge in [-0.1, -0.05) is 27.7 Å². The average molecular weight is 504 g/mol. The molecule has 0 saturated carbocycles. The molecule has 2 heterocycles. The molecule has 160 valence electrons. The molecule has 0 unspecified atom stereocenters. The average Bonchev–Trinajstić information content (AvgIpc) is 3.38. The van der Waals surface area contributed by atoms with Gasteiger partial charge in [0.2, 0.25) is 12.7 Å². The first-order valence-electron chi connectivity index (χ1n) is 9.24. The van der Waals surface area contributed by atoms with Gasteiger partial charge in [0.25, 0.3) is 5.91 Å². The highest BCUT2D eigenvalue weighted by Gasteiger charge is 2.17. The van der Waals surface area contributed by atoms with E-state index in [1.807, 2.05) is 24.3 Å². The van der Waals surface area contributed by atoms with Gasteiger partial charge in [0, 0.05) is 22.8 Å². The Labute approximate surface area is 190 Å². The lowest BCUT2D eigenvalue weighted by atomic mass is 10.2. The Kier molecular flexibility index (Phi) is 6.42. The van der Waals surface area contributed by atoms with Gasteiger partial charge in [0.05, 0.1) is 12.3 Å². The van der Waals surface area contributed by atoms with E-state index in [0.29, 0.717) is 28.0 Å². The maximum absolute atomic E-state index is 12.4. The van der Waals surface area contributed by atoms with Crippen LogP contribution in [0.5, 0.6) is 11.5 Å². The quantitative estimate of drug-likeness (QED) is 0.477. The molecule has 3 aromatic rings. The molecular formula is C20H18BrN5O4S. The van der Waals surface area contributed by atoms with Crippen LogP contribution in [0.15, 0.2) is 52.1 Å². The summed E-state index contributed by atoms with van der Waals surface area (Å²) in [5.74, 6) is 1.52. The third-order valence-corrected chi connectivity index (χ3v) is 5.98. The molecule has 0 bridgehead atoms. The van der Waals surface area contributed by atoms with E-state index in [1.165, 1.54) is 11.8 Å². The fraction of sp³-hybridized carbons (Fsp3) is 0.200. The summed E-state index contributed by atoms with van der Waals surface area (Å²) in [5.41, 5.74) is 1.18. The minimum absolute atomic E-state index is 0.145. The number of fused-ring (bicyclic) bond motifs is 1. The molecule has 2 N–H and O–H groups in total. The van der Waals surface area contributed by atoms with Crippen LogP contribution in [0, 0.1) is 0 Å². The number of nitrogens with zero attached hydrogens (tertiary/aromatic N) is 3. The predicted molar refractivity (Wildman–Crippen MR) is 118 cm³/mol. The van der Waals surface area contributed by atoms with Crippen LogP contribution in [-0.2, 0) is 18.4 Å². The van der Waals surface area contributed by atoms with Gasteiger partial charge in [0.1, 0.15) is 0 Å². The number of thioether (sulfide) groups is 1. The number of ether oxygens (including phenoxy) is 2. The van der Waals surface area contributed by atoms with Crippen LogP contribution in [-0.4, -0.2) is 39.1 Å². The summed E-state index contributed by atoms with van der Waals surface area (Å²) in [6, 6.07) is 12.4. The van der Waals surface area contributed by atoms with E-state index in [9.17, 15) is 9.59 Å². The third kappa shape index (κ3) is 5.17. The molecule has 1 aliphatic rings. The normalized spacial score (nSPS) is 11.9. The fourth-order valence-electron chi connectivity index (χ4n) is 2.78. The van der Waals surface area contributed by atoms with Crippen molar-refractivity contribution >= 4 is 45.2 Å². The number of nitrogens with one attached hydrogen (secondary N) is 2. The second-order valence-corrected chi connectivity index (χ2v) is 8.41. The van der Waals surface area contributed by atoms with Crippen LogP contribution in [0.25, 0.3) is 0 Å². The first-order chi connectivity index (χ1) is 15.0. The number of benzene rings is 2. The summed E-state index contributed by atoms with van der Waals surface area (Å²) in [6.07, 6.45) is 0. The van der Waals surface area contributed by atoms with E-state index >= 15 is 0 Å². The first-order valence-corrected chi connectivity index (χ1v) is 11.0. The predicted octanol–water partition coefficient (Wildman–Crippen LogP) is 2.97. The van der Waals surface area contributed by atoms with Crippen molar-refractivity contribution in [3.05, 3.63) is 58.3 Å². The third-order valence-electron chi connectivity index (χ3n) is 4.43. The van der Waals surface area contributed by atoms with Crippen molar-refractivity contribution in [2.24, 2.45) is 7.05 Å². The van der Waals surface area contributed by atoms with Crippen LogP contribution in [0.2, 0.25) is 0 Å². The molecule has 0 atom stereocenters. The largest absolute Gasteiger partial charge is 0.454 e. The van der Waals surface area contributed by atoms with E-state index in [0.717, 1.165) is 10.2 Å². The summed E-state index contributed by atoms with van der Waals surface area (Å²) in [5, 5.41) is 14.4. The SMILES string of the molecule is Cn1c(CNC(=O)c2ccc3c(c2)OCO3)nnc1SCC(=O)Nc1ccc(Br)cc1. The van der Waals surface area contributed by atoms with Crippen molar-refractivity contribution in [3.63, 3.8) is 0 Å². The lowest BCUT2D eigenvalue weighted by molar-refractivity contribution is -0.113. The number of hydrogen-bond acceptors (Lipinski definition) is 7. The lowest BCUT2D eigenvalue weighted by Crippen LogP contribution is -2.24. The molecule has 0 fully saturated rings. The number of rotatable bonds is 7. The Hall–Kier alpha value is -3.05. The first kappa shape index (κ1) is 21.2. The summed E-state index contributed by atoms with van der Waals surface area (Å²) < 4.78 is 13.2. The van der Waals surface area contributed by atoms with Crippen LogP contribution >= 0.6 is 27.7 Å². The highest BCUT2D eigenvalue weighted by atomic mass is 79.9. The molecule has 0 radical (unpaired) electrons. The van der Waals surface area contributed by atoms with Gasteiger partial charge in [0.15, 0.2) is 22.5 Å². The van der Waals surface area contributed by atoms with E-state index in [-0.39, 0.29) is 30.9 Å². The topological polar surface area (TPSA) is 107 Å². The smallest absolute Gasteiger partial charge is 0.251 e. The molecule has 0 saturated heterocycles. The molecule has 1 aliphatic heterocycles. The summed E-state index contributed by atoms with van der Waals surface area (Å²) in [6.45, 7) is 0.351. The number of carbonyl (C=O) groups is 2. The molecule has 9 nitrogen and oxygen atoms in total. The molecule has 0 aliphatic carbocycles. The van der Waals surface area contributed by atoms with Crippen molar-refractivity contribution < 1.29 is 19.1 Å². The van der Waals surface area contributed by atoms with Gasteiger partial charge >= 0.3 is 0 Å². The van der Waals surface area contributed by atoms with Crippen molar-refractivity contribution in [3.8, 4) is 11.5 Å². The zero-order chi connectivity index (χ0) is 21.8. The molecule has 4 rings (SSSR count). The molecule has 31 heavy (non-hydrogen) atoms. The van der Waals surface area contributed by atoms with Crippen LogP contribution in [0.1, 0.15) is 16.2 Å². The molecule has 11 heteroatoms. The number of halogens is 1. The van der Waals surface area contributed by atoms with Crippen LogP contribution in [0.4, 0.5) is 5.69 Å². The van der Waals surface area contributed by atoms with E-state index in [1.54, 1.807) is 29.8 Å². The standard InChI is InChI=1S/C20H18BrN5O4S/c1-26-17(9-22-19(28)12-2-7-15-16(8-12)30-11-29-15)24-25-20(26)31-10-18(27)23-14-5-3-13(21)4-6-14/h2-8H,9-11H2,1H3,(H,22,28)(H,23,27). The summed E-state index contributed by atoms with van der Waals surface area (Å²) >= 11 is 4.63. The minimum atomic E-state index is -0.260. The highest BCUT2D eigenvalue weighted by molar-refractivity contribution is 9.10. The highest BCUT2D eigenvalue weighted by Crippen LogP contribution is 2.32. The van der Waals surface area contributed by atoms with E-state index in [4.69, 9.17) is 9.47 Å². The maximum atomic E-state index is 12.4. The van der Waals surface area contributed by atoms with Gasteiger partial charge in [-0.3, -0.25) is 9.59 Å². The Morgan fingerprint density at radius 3 is 2.71 bits per heavy atom. The van der Waals surface area contributed by atoms with Gasteiger partial charge < -0.3 is 24.7 Å². The molecule has 2 amide bonds. The fourth-order valence-corrected chi connectivity index (χ4v) is 3.78. The Balaban J connectivity index is 1.29. The molecule has 1 aromatic heterocycles. The van der Waals surface area contributed by atoms with Crippen LogP contribution in [0.3, 0.4) is 0 Å². The lowest BCUT2D eigenvalue weighted by Gasteiger charge is -2.07. The van der Waals surface area contributed by atoms with Crippen molar-refractivity contribution in [2.75, 3.05) is 17.9 Å². The second kappa shape index (κ2) is 9.40. The Bertz CT molecular complexity index is 1120. The monoisotopic (exact) mass is 503 g/mol. The van der Waals surface area contributed by atoms with Gasteiger partial charge in [-0.05, 0) is 42.5 Å². The molecule has 2 aromatic carbocycles. The number of aromatic nitrogens is 3. The van der Waals surface area contributed by atoms with Gasteiger partial charge in [-0.15, -0.1) is 10.2 Å². The maximum Gasteiger partial charge on any atom is 0.251 e. The van der Waals surface area contributed by atoms with Crippen LogP contribution < -0.4 is 20.1 Å². The zero-order valence-electron chi connectivity index (χ0n) is 16.4. The molecular weight excluding hydrogens is 486 g/mol. The summed E-state index contributed by atoms with van der Waals surface area (Å²) in [4.78, 5) is 24.6. The zero-order valence-corrected chi connectivity index (χ0v) is 18.8. The van der Waals surface area contributed by atoms with Gasteiger partial charge in [-0.2, -0.15) is 0 Å². The van der Waals surface area contributed by atoms with Crippen molar-refractivity contribution in [1.82, 2.24) is 20.1 Å². The van der Waals surface area contributed by atoms with E-state index < -0.39 is 0 Å². The molecule has 0 spiro atoms. The number of anilines is 1.